The summed E-state index contributed by atoms with van der Waals surface area (Å²) in [5.74, 6) is -0.911. The molecule has 0 bridgehead atoms. The summed E-state index contributed by atoms with van der Waals surface area (Å²) in [5, 5.41) is -0.508. The van der Waals surface area contributed by atoms with Crippen LogP contribution >= 0.6 is 104 Å². The zero-order valence-corrected chi connectivity index (χ0v) is 67.7. The number of halogens is 18. The first-order valence-corrected chi connectivity index (χ1v) is 41.8. The van der Waals surface area contributed by atoms with Gasteiger partial charge in [0.05, 0.1) is 119 Å². The fourth-order valence-electron chi connectivity index (χ4n) is 11.0. The number of nitrogens with zero attached hydrogens (tertiary/aromatic N) is 4. The van der Waals surface area contributed by atoms with Crippen molar-refractivity contribution in [1.29, 1.82) is 0 Å². The van der Waals surface area contributed by atoms with Gasteiger partial charge in [-0.1, -0.05) is 118 Å². The molecule has 8 aromatic carbocycles. The number of likely N-dealkylation sites (tertiary alicyclic amines) is 2. The largest absolute Gasteiger partial charge is 0.444 e. The first kappa shape index (κ1) is 92.2. The molecule has 2 saturated heterocycles. The van der Waals surface area contributed by atoms with Crippen LogP contribution in [0.5, 0.6) is 0 Å². The summed E-state index contributed by atoms with van der Waals surface area (Å²) < 4.78 is 234. The van der Waals surface area contributed by atoms with Gasteiger partial charge in [-0.2, -0.15) is 39.5 Å². The number of nitrogens with one attached hydrogen (secondary N) is 4. The number of piperidine rings is 1. The summed E-state index contributed by atoms with van der Waals surface area (Å²) in [6, 6.07) is 32.2. The Kier molecular flexibility index (Phi) is 30.5. The Balaban J connectivity index is 0.000000192. The fourth-order valence-corrected chi connectivity index (χ4v) is 17.2. The molecule has 12 rings (SSSR count). The van der Waals surface area contributed by atoms with E-state index in [2.05, 4.69) is 28.9 Å². The molecule has 2 amide bonds. The summed E-state index contributed by atoms with van der Waals surface area (Å²) in [7, 11) is -17.2. The number of anilines is 4. The van der Waals surface area contributed by atoms with E-state index in [0.29, 0.717) is 77.5 Å². The summed E-state index contributed by atoms with van der Waals surface area (Å²) in [4.78, 5) is 47.0. The second-order valence-corrected chi connectivity index (χ2v) is 34.9. The van der Waals surface area contributed by atoms with E-state index < -0.39 is 117 Å². The molecule has 10 aromatic rings. The molecule has 0 saturated carbocycles. The normalized spacial score (nSPS) is 14.0. The van der Waals surface area contributed by atoms with Crippen LogP contribution in [0.2, 0.25) is 45.2 Å². The van der Waals surface area contributed by atoms with Gasteiger partial charge in [-0.25, -0.2) is 38.7 Å². The molecule has 2 fully saturated rings. The summed E-state index contributed by atoms with van der Waals surface area (Å²) in [5.41, 5.74) is -2.56. The molecule has 115 heavy (non-hydrogen) atoms. The number of oxazole rings is 1. The van der Waals surface area contributed by atoms with Crippen LogP contribution in [0.25, 0.3) is 22.7 Å². The quantitative estimate of drug-likeness (QED) is 0.0617. The first-order valence-electron chi connectivity index (χ1n) is 32.5. The molecule has 1 unspecified atom stereocenters. The van der Waals surface area contributed by atoms with Crippen molar-refractivity contribution in [2.24, 2.45) is 0 Å². The van der Waals surface area contributed by atoms with Crippen LogP contribution in [0.3, 0.4) is 0 Å². The lowest BCUT2D eigenvalue weighted by atomic mass is 10.1. The molecule has 2 aromatic heterocycles. The lowest BCUT2D eigenvalue weighted by Gasteiger charge is -2.27. The molecule has 0 aliphatic carbocycles. The van der Waals surface area contributed by atoms with E-state index in [9.17, 15) is 87.6 Å². The maximum absolute atomic E-state index is 13.1. The van der Waals surface area contributed by atoms with Gasteiger partial charge in [0.15, 0.2) is 5.78 Å². The number of ketones is 1. The molecule has 2 aliphatic heterocycles. The molecule has 20 nitrogen and oxygen atoms in total. The van der Waals surface area contributed by atoms with Crippen LogP contribution in [-0.2, 0) is 63.4 Å². The number of carbonyl (C=O) groups excluding carboxylic acids is 3. The van der Waals surface area contributed by atoms with Crippen molar-refractivity contribution in [2.75, 3.05) is 38.5 Å². The highest BCUT2D eigenvalue weighted by atomic mass is 35.5. The van der Waals surface area contributed by atoms with Crippen molar-refractivity contribution < 1.29 is 92.0 Å². The van der Waals surface area contributed by atoms with Gasteiger partial charge in [-0.05, 0) is 197 Å². The molecule has 0 radical (unpaired) electrons. The Morgan fingerprint density at radius 3 is 1.27 bits per heavy atom. The number of amides is 2. The molecule has 42 heteroatoms. The monoisotopic (exact) mass is 1850 g/mol. The second kappa shape index (κ2) is 38.0. The maximum Gasteiger partial charge on any atom is 0.417 e. The Morgan fingerprint density at radius 1 is 0.417 bits per heavy atom. The summed E-state index contributed by atoms with van der Waals surface area (Å²) in [6.45, 7) is 2.75. The van der Waals surface area contributed by atoms with Gasteiger partial charge >= 0.3 is 18.5 Å². The number of hydrogen-bond acceptors (Lipinski definition) is 14. The first-order chi connectivity index (χ1) is 53.2. The molecule has 1 atom stereocenters. The molecule has 4 N–H and O–H groups in total. The average molecular weight is 1860 g/mol. The number of alkyl halides is 9. The van der Waals surface area contributed by atoms with Crippen LogP contribution in [0, 0.1) is 0 Å². The zero-order chi connectivity index (χ0) is 83.8. The topological polar surface area (TPSA) is 281 Å². The van der Waals surface area contributed by atoms with E-state index in [1.165, 1.54) is 109 Å². The molecule has 2 aliphatic rings. The van der Waals surface area contributed by atoms with Gasteiger partial charge in [0.2, 0.25) is 5.89 Å². The minimum Gasteiger partial charge on any atom is -0.444 e. The highest BCUT2D eigenvalue weighted by Crippen LogP contribution is 2.42. The van der Waals surface area contributed by atoms with Crippen LogP contribution < -0.4 is 18.9 Å². The predicted molar refractivity (Wildman–Crippen MR) is 425 cm³/mol. The van der Waals surface area contributed by atoms with Gasteiger partial charge in [0, 0.05) is 51.5 Å². The Bertz CT molecular complexity index is 5770. The fraction of sp³-hybridized carbons (Fsp3) is 0.192. The van der Waals surface area contributed by atoms with Gasteiger partial charge in [0.25, 0.3) is 51.9 Å². The van der Waals surface area contributed by atoms with Crippen LogP contribution in [-0.4, -0.2) is 96.7 Å². The van der Waals surface area contributed by atoms with Gasteiger partial charge in [0.1, 0.15) is 6.26 Å². The van der Waals surface area contributed by atoms with Crippen molar-refractivity contribution in [2.45, 2.75) is 90.6 Å². The van der Waals surface area contributed by atoms with E-state index in [1.807, 2.05) is 0 Å². The number of aromatic nitrogens is 2. The van der Waals surface area contributed by atoms with E-state index in [0.717, 1.165) is 55.7 Å². The number of Topliss-reactive ketones (excluding diaryl/α,β-unsaturated/α-hetero) is 1. The Morgan fingerprint density at radius 2 is 0.835 bits per heavy atom. The smallest absolute Gasteiger partial charge is 0.417 e. The molecular weight excluding hydrogens is 1800 g/mol. The minimum absolute atomic E-state index is 0. The van der Waals surface area contributed by atoms with Crippen molar-refractivity contribution >= 4 is 185 Å². The van der Waals surface area contributed by atoms with Gasteiger partial charge < -0.3 is 14.2 Å². The predicted octanol–water partition coefficient (Wildman–Crippen LogP) is 22.1. The van der Waals surface area contributed by atoms with E-state index >= 15 is 0 Å². The lowest BCUT2D eigenvalue weighted by molar-refractivity contribution is -0.138. The second-order valence-electron chi connectivity index (χ2n) is 24.3. The van der Waals surface area contributed by atoms with Crippen molar-refractivity contribution in [3.05, 3.63) is 255 Å². The highest BCUT2D eigenvalue weighted by molar-refractivity contribution is 7.93. The van der Waals surface area contributed by atoms with Crippen molar-refractivity contribution in [3.63, 3.8) is 0 Å². The van der Waals surface area contributed by atoms with E-state index in [4.69, 9.17) is 109 Å². The van der Waals surface area contributed by atoms with Crippen molar-refractivity contribution in [3.8, 4) is 22.7 Å². The average Bonchev–Trinajstić information content (AvgIpc) is 1.45. The third-order valence-electron chi connectivity index (χ3n) is 16.5. The number of benzene rings is 8. The standard InChI is InChI=1S/C20H17Cl2F3N2O4S.C19H17Cl2F3N2O3S.C18H11Cl2F3N2O2S.C15H9Cl3N2O3S.CH4/c1-11(28)18-3-2-8-27(18)19(29)14-6-4-12(21)9-17(14)26-32(30,31)13-5-7-16(22)15(10-13)20(23,24)25;20-12-4-6-14(18(27)26-8-2-1-3-9-26)17(10-12)25-30(28,29)13-5-7-16(21)15(11-13)19(22,23)24;19-11-4-7-17(13(9-11)16-3-1-2-8-24-16)25-28(26,27)12-5-6-15(20)14(10-12)18(21,22)23;16-9-1-3-11(15-19-5-6-23-15)14(7-9)20-24(21,22)10-2-4-12(17)13(18)8-10;/h4-7,9-10,18,26H,2-3,8H2,1H3;4-7,10-11,25H,1-3,8-9H2;1-10,25H;1-8,20H;1H4. The minimum atomic E-state index is -4.86. The SMILES string of the molecule is C.CC(=O)C1CCCN1C(=O)c1ccc(Cl)cc1NS(=O)(=O)c1ccc(Cl)c(C(F)(F)F)c1.O=C(c1ccc(Cl)cc1NS(=O)(=O)c1ccc(Cl)c(C(F)(F)F)c1)N1CCCCC1.O=S(=O)(Nc1cc(Cl)ccc1-c1ncco1)c1ccc(Cl)c(Cl)c1.O=S(=O)(Nc1ccc(Cl)cc1-c1ccccn1)c1ccc(Cl)c(C(F)(F)F)c1. The van der Waals surface area contributed by atoms with Gasteiger partial charge in [-0.3, -0.25) is 38.3 Å². The molecule has 612 valence electrons. The number of hydrogen-bond donors (Lipinski definition) is 4. The third-order valence-corrected chi connectivity index (χ3v) is 24.6. The van der Waals surface area contributed by atoms with Crippen molar-refractivity contribution in [1.82, 2.24) is 19.8 Å². The molecule has 0 spiro atoms. The number of pyridine rings is 1. The molecule has 4 heterocycles. The van der Waals surface area contributed by atoms with E-state index in [1.54, 1.807) is 35.2 Å². The Labute approximate surface area is 698 Å². The maximum atomic E-state index is 13.1. The van der Waals surface area contributed by atoms with Crippen LogP contribution in [0.15, 0.2) is 206 Å². The van der Waals surface area contributed by atoms with Crippen LogP contribution in [0.1, 0.15) is 83.9 Å². The lowest BCUT2D eigenvalue weighted by Crippen LogP contribution is -2.39. The summed E-state index contributed by atoms with van der Waals surface area (Å²) >= 11 is 52.3. The summed E-state index contributed by atoms with van der Waals surface area (Å²) in [6.07, 6.45) is -6.34. The van der Waals surface area contributed by atoms with Gasteiger partial charge in [-0.15, -0.1) is 0 Å². The van der Waals surface area contributed by atoms with E-state index in [-0.39, 0.29) is 83.9 Å². The Hall–Kier alpha value is -8.29. The molecular formula is C73H58Cl9F9N8O12S4. The third kappa shape index (κ3) is 23.8. The zero-order valence-electron chi connectivity index (χ0n) is 57.7. The number of sulfonamides is 4. The number of carbonyl (C=O) groups is 3. The highest BCUT2D eigenvalue weighted by Gasteiger charge is 2.39. The van der Waals surface area contributed by atoms with Crippen LogP contribution in [0.4, 0.5) is 62.3 Å². The number of rotatable bonds is 17.